The number of hydrogen-bond acceptors (Lipinski definition) is 1. The Morgan fingerprint density at radius 3 is 3.00 bits per heavy atom. The van der Waals surface area contributed by atoms with E-state index in [9.17, 15) is 0 Å². The average molecular weight is 194 g/mol. The summed E-state index contributed by atoms with van der Waals surface area (Å²) >= 11 is 6.08. The van der Waals surface area contributed by atoms with Crippen LogP contribution in [0.2, 0.25) is 5.02 Å². The molecule has 13 heavy (non-hydrogen) atoms. The summed E-state index contributed by atoms with van der Waals surface area (Å²) in [6.07, 6.45) is 3.22. The second-order valence-electron chi connectivity index (χ2n) is 3.32. The summed E-state index contributed by atoms with van der Waals surface area (Å²) in [6.45, 7) is 0.949. The van der Waals surface area contributed by atoms with Crippen LogP contribution in [0.5, 0.6) is 0 Å². The predicted molar refractivity (Wildman–Crippen MR) is 57.1 cm³/mol. The van der Waals surface area contributed by atoms with Crippen molar-refractivity contribution in [2.45, 2.75) is 6.42 Å². The maximum atomic E-state index is 6.08. The smallest absolute Gasteiger partial charge is 0.0447 e. The van der Waals surface area contributed by atoms with E-state index in [-0.39, 0.29) is 0 Å². The molecule has 0 spiro atoms. The molecular formula is C11H12ClN. The third kappa shape index (κ3) is 1.62. The van der Waals surface area contributed by atoms with Crippen molar-refractivity contribution >= 4 is 17.7 Å². The second-order valence-corrected chi connectivity index (χ2v) is 3.72. The van der Waals surface area contributed by atoms with Crippen LogP contribution in [0.25, 0.3) is 6.08 Å². The van der Waals surface area contributed by atoms with Crippen LogP contribution < -0.4 is 5.32 Å². The maximum Gasteiger partial charge on any atom is 0.0447 e. The van der Waals surface area contributed by atoms with Crippen molar-refractivity contribution in [2.75, 3.05) is 13.6 Å². The first kappa shape index (κ1) is 8.79. The van der Waals surface area contributed by atoms with Gasteiger partial charge in [-0.15, -0.1) is 0 Å². The van der Waals surface area contributed by atoms with Crippen molar-refractivity contribution < 1.29 is 0 Å². The molecule has 1 aliphatic rings. The van der Waals surface area contributed by atoms with Crippen LogP contribution in [-0.4, -0.2) is 13.6 Å². The SMILES string of the molecule is CNCC1=Cc2cccc(Cl)c2C1. The minimum absolute atomic E-state index is 0.889. The minimum atomic E-state index is 0.889. The fourth-order valence-electron chi connectivity index (χ4n) is 1.74. The Labute approximate surface area is 83.4 Å². The van der Waals surface area contributed by atoms with Gasteiger partial charge >= 0.3 is 0 Å². The van der Waals surface area contributed by atoms with Crippen LogP contribution in [0.4, 0.5) is 0 Å². The Morgan fingerprint density at radius 2 is 2.31 bits per heavy atom. The summed E-state index contributed by atoms with van der Waals surface area (Å²) in [4.78, 5) is 0. The van der Waals surface area contributed by atoms with Crippen molar-refractivity contribution in [2.24, 2.45) is 0 Å². The number of hydrogen-bond donors (Lipinski definition) is 1. The molecule has 0 heterocycles. The van der Waals surface area contributed by atoms with Crippen LogP contribution in [0, 0.1) is 0 Å². The van der Waals surface area contributed by atoms with E-state index >= 15 is 0 Å². The summed E-state index contributed by atoms with van der Waals surface area (Å²) in [5.74, 6) is 0. The highest BCUT2D eigenvalue weighted by atomic mass is 35.5. The van der Waals surface area contributed by atoms with Gasteiger partial charge in [0.15, 0.2) is 0 Å². The first-order chi connectivity index (χ1) is 6.31. The van der Waals surface area contributed by atoms with Gasteiger partial charge in [-0.25, -0.2) is 0 Å². The number of benzene rings is 1. The molecule has 0 saturated heterocycles. The molecule has 1 aromatic rings. The lowest BCUT2D eigenvalue weighted by Crippen LogP contribution is -2.10. The van der Waals surface area contributed by atoms with Gasteiger partial charge in [-0.1, -0.05) is 35.4 Å². The summed E-state index contributed by atoms with van der Waals surface area (Å²) in [6, 6.07) is 6.07. The van der Waals surface area contributed by atoms with E-state index in [1.54, 1.807) is 0 Å². The first-order valence-corrected chi connectivity index (χ1v) is 4.80. The Hall–Kier alpha value is -0.790. The van der Waals surface area contributed by atoms with Crippen LogP contribution in [-0.2, 0) is 6.42 Å². The zero-order valence-electron chi connectivity index (χ0n) is 7.60. The molecule has 0 amide bonds. The zero-order valence-corrected chi connectivity index (χ0v) is 8.36. The average Bonchev–Trinajstić information content (AvgIpc) is 2.49. The summed E-state index contributed by atoms with van der Waals surface area (Å²) in [5.41, 5.74) is 3.96. The Kier molecular flexibility index (Phi) is 2.38. The molecule has 0 saturated carbocycles. The van der Waals surface area contributed by atoms with Crippen LogP contribution in [0.15, 0.2) is 23.8 Å². The van der Waals surface area contributed by atoms with Crippen molar-refractivity contribution in [1.82, 2.24) is 5.32 Å². The highest BCUT2D eigenvalue weighted by Gasteiger charge is 2.13. The van der Waals surface area contributed by atoms with E-state index in [1.165, 1.54) is 16.7 Å². The third-order valence-electron chi connectivity index (χ3n) is 2.32. The fourth-order valence-corrected chi connectivity index (χ4v) is 1.98. The lowest BCUT2D eigenvalue weighted by atomic mass is 10.1. The van der Waals surface area contributed by atoms with Crippen molar-refractivity contribution in [3.63, 3.8) is 0 Å². The first-order valence-electron chi connectivity index (χ1n) is 4.42. The molecule has 1 aliphatic carbocycles. The predicted octanol–water partition coefficient (Wildman–Crippen LogP) is 2.50. The zero-order chi connectivity index (χ0) is 9.26. The summed E-state index contributed by atoms with van der Waals surface area (Å²) in [7, 11) is 1.96. The normalized spacial score (nSPS) is 14.2. The minimum Gasteiger partial charge on any atom is -0.316 e. The highest BCUT2D eigenvalue weighted by molar-refractivity contribution is 6.31. The standard InChI is InChI=1S/C11H12ClN/c1-13-7-8-5-9-3-2-4-11(12)10(9)6-8/h2-5,13H,6-7H2,1H3. The topological polar surface area (TPSA) is 12.0 Å². The number of halogens is 1. The molecule has 0 aliphatic heterocycles. The van der Waals surface area contributed by atoms with E-state index in [4.69, 9.17) is 11.6 Å². The fraction of sp³-hybridized carbons (Fsp3) is 0.273. The monoisotopic (exact) mass is 193 g/mol. The molecule has 2 rings (SSSR count). The lowest BCUT2D eigenvalue weighted by molar-refractivity contribution is 0.866. The number of likely N-dealkylation sites (N-methyl/N-ethyl adjacent to an activating group) is 1. The van der Waals surface area contributed by atoms with Crippen LogP contribution >= 0.6 is 11.6 Å². The molecule has 1 aromatic carbocycles. The molecular weight excluding hydrogens is 182 g/mol. The van der Waals surface area contributed by atoms with Gasteiger partial charge in [0.2, 0.25) is 0 Å². The van der Waals surface area contributed by atoms with Gasteiger partial charge in [-0.2, -0.15) is 0 Å². The van der Waals surface area contributed by atoms with Crippen molar-refractivity contribution in [1.29, 1.82) is 0 Å². The molecule has 0 aromatic heterocycles. The van der Waals surface area contributed by atoms with Gasteiger partial charge in [-0.05, 0) is 30.7 Å². The van der Waals surface area contributed by atoms with Gasteiger partial charge in [0.1, 0.15) is 0 Å². The van der Waals surface area contributed by atoms with E-state index < -0.39 is 0 Å². The number of rotatable bonds is 2. The van der Waals surface area contributed by atoms with Gasteiger partial charge in [0.25, 0.3) is 0 Å². The molecule has 0 unspecified atom stereocenters. The summed E-state index contributed by atoms with van der Waals surface area (Å²) in [5, 5.41) is 4.04. The number of fused-ring (bicyclic) bond motifs is 1. The molecule has 1 N–H and O–H groups in total. The van der Waals surface area contributed by atoms with Crippen LogP contribution in [0.1, 0.15) is 11.1 Å². The van der Waals surface area contributed by atoms with Gasteiger partial charge in [0.05, 0.1) is 0 Å². The highest BCUT2D eigenvalue weighted by Crippen LogP contribution is 2.30. The maximum absolute atomic E-state index is 6.08. The van der Waals surface area contributed by atoms with Gasteiger partial charge in [0, 0.05) is 11.6 Å². The molecule has 68 valence electrons. The Bertz CT molecular complexity index is 355. The Balaban J connectivity index is 2.30. The molecule has 1 nitrogen and oxygen atoms in total. The molecule has 2 heteroatoms. The molecule has 0 bridgehead atoms. The molecule has 0 atom stereocenters. The van der Waals surface area contributed by atoms with Crippen LogP contribution in [0.3, 0.4) is 0 Å². The van der Waals surface area contributed by atoms with Gasteiger partial charge in [-0.3, -0.25) is 0 Å². The lowest BCUT2D eigenvalue weighted by Gasteiger charge is -2.01. The van der Waals surface area contributed by atoms with E-state index in [1.807, 2.05) is 19.2 Å². The van der Waals surface area contributed by atoms with Gasteiger partial charge < -0.3 is 5.32 Å². The third-order valence-corrected chi connectivity index (χ3v) is 2.68. The van der Waals surface area contributed by atoms with E-state index in [2.05, 4.69) is 17.5 Å². The molecule has 0 fully saturated rings. The second kappa shape index (κ2) is 3.52. The quantitative estimate of drug-likeness (QED) is 0.761. The number of nitrogens with one attached hydrogen (secondary N) is 1. The largest absolute Gasteiger partial charge is 0.316 e. The molecule has 0 radical (unpaired) electrons. The van der Waals surface area contributed by atoms with Crippen molar-refractivity contribution in [3.05, 3.63) is 39.9 Å². The van der Waals surface area contributed by atoms with E-state index in [0.29, 0.717) is 0 Å². The Morgan fingerprint density at radius 1 is 1.46 bits per heavy atom. The van der Waals surface area contributed by atoms with Crippen molar-refractivity contribution in [3.8, 4) is 0 Å². The van der Waals surface area contributed by atoms with E-state index in [0.717, 1.165) is 18.0 Å². The summed E-state index contributed by atoms with van der Waals surface area (Å²) < 4.78 is 0.